The van der Waals surface area contributed by atoms with Gasteiger partial charge in [0.05, 0.1) is 0 Å². The third kappa shape index (κ3) is 2.45. The summed E-state index contributed by atoms with van der Waals surface area (Å²) >= 11 is 0.841. The molecule has 0 aromatic carbocycles. The zero-order chi connectivity index (χ0) is 3.41. The van der Waals surface area contributed by atoms with E-state index in [1.54, 1.807) is 5.94 Å². The van der Waals surface area contributed by atoms with Crippen molar-refractivity contribution < 1.29 is 4.79 Å². The van der Waals surface area contributed by atoms with Crippen LogP contribution in [0.25, 0.3) is 0 Å². The number of hydrogen-bond acceptors (Lipinski definition) is 1. The van der Waals surface area contributed by atoms with E-state index in [4.69, 9.17) is 4.79 Å². The second-order valence-electron chi connectivity index (χ2n) is 0.407. The van der Waals surface area contributed by atoms with Gasteiger partial charge in [0.2, 0.25) is 0 Å². The topological polar surface area (TPSA) is 17.1 Å². The van der Waals surface area contributed by atoms with Crippen molar-refractivity contribution in [2.45, 2.75) is 0 Å². The van der Waals surface area contributed by atoms with Gasteiger partial charge in [-0.1, -0.05) is 0 Å². The SMILES string of the molecule is O=C=[CH][Na]. The molecule has 0 heterocycles. The minimum absolute atomic E-state index is 0.841. The average Bonchev–Trinajstić information content (AvgIpc) is 1.37. The molecule has 0 saturated heterocycles. The molecule has 4 heavy (non-hydrogen) atoms. The molecule has 0 bridgehead atoms. The van der Waals surface area contributed by atoms with E-state index in [1.807, 2.05) is 0 Å². The molecular weight excluding hydrogens is 63.0 g/mol. The summed E-state index contributed by atoms with van der Waals surface area (Å²) in [6, 6.07) is 0. The molecule has 0 saturated carbocycles. The van der Waals surface area contributed by atoms with Gasteiger partial charge < -0.3 is 0 Å². The maximum atomic E-state index is 9.03. The molecule has 0 unspecified atom stereocenters. The zero-order valence-corrected chi connectivity index (χ0v) is 4.49. The van der Waals surface area contributed by atoms with Crippen LogP contribution < -0.4 is 0 Å². The molecule has 0 aliphatic carbocycles. The fourth-order valence-corrected chi connectivity index (χ4v) is 0. The number of rotatable bonds is 0. The van der Waals surface area contributed by atoms with Crippen molar-refractivity contribution in [2.24, 2.45) is 0 Å². The molecule has 0 spiro atoms. The summed E-state index contributed by atoms with van der Waals surface area (Å²) in [6.07, 6.45) is 0. The molecule has 0 aliphatic rings. The molecule has 16 valence electrons. The van der Waals surface area contributed by atoms with Crippen LogP contribution in [0, 0.1) is 0 Å². The Morgan fingerprint density at radius 3 is 2.25 bits per heavy atom. The van der Waals surface area contributed by atoms with E-state index in [0.717, 1.165) is 27.9 Å². The van der Waals surface area contributed by atoms with Gasteiger partial charge >= 0.3 is 42.0 Å². The normalized spacial score (nSPS) is 4.50. The maximum absolute atomic E-state index is 9.03. The van der Waals surface area contributed by atoms with Gasteiger partial charge in [0.25, 0.3) is 0 Å². The molecule has 0 N–H and O–H groups in total. The Morgan fingerprint density at radius 1 is 2.00 bits per heavy atom. The van der Waals surface area contributed by atoms with E-state index in [-0.39, 0.29) is 0 Å². The van der Waals surface area contributed by atoms with Crippen molar-refractivity contribution in [2.75, 3.05) is 0 Å². The Morgan fingerprint density at radius 2 is 2.25 bits per heavy atom. The first kappa shape index (κ1) is 4.45. The molecule has 1 nitrogen and oxygen atoms in total. The predicted octanol–water partition coefficient (Wildman–Crippen LogP) is -0.500. The monoisotopic (exact) mass is 64.0 g/mol. The Kier molecular flexibility index (Phi) is 3.84. The minimum atomic E-state index is 0.841. The van der Waals surface area contributed by atoms with E-state index in [9.17, 15) is 0 Å². The van der Waals surface area contributed by atoms with Crippen LogP contribution in [0.15, 0.2) is 3.33 Å². The van der Waals surface area contributed by atoms with Gasteiger partial charge in [-0.2, -0.15) is 0 Å². The molecule has 0 aromatic rings. The van der Waals surface area contributed by atoms with E-state index < -0.39 is 0 Å². The fraction of sp³-hybridized carbons (Fsp3) is 0. The van der Waals surface area contributed by atoms with Crippen LogP contribution in [-0.2, 0) is 4.79 Å². The quantitative estimate of drug-likeness (QED) is 0.274. The Balaban J connectivity index is 3.11. The molecule has 0 amide bonds. The molecule has 2 heteroatoms. The van der Waals surface area contributed by atoms with Gasteiger partial charge in [-0.25, -0.2) is 0 Å². The van der Waals surface area contributed by atoms with Gasteiger partial charge in [0.1, 0.15) is 0 Å². The molecule has 0 fully saturated rings. The second-order valence-corrected chi connectivity index (χ2v) is 0.984. The van der Waals surface area contributed by atoms with Crippen LogP contribution in [0.1, 0.15) is 0 Å². The molecular formula is C2HNaO. The summed E-state index contributed by atoms with van der Waals surface area (Å²) < 4.78 is 1.46. The van der Waals surface area contributed by atoms with Gasteiger partial charge in [-0.3, -0.25) is 0 Å². The average molecular weight is 64.0 g/mol. The summed E-state index contributed by atoms with van der Waals surface area (Å²) in [5.74, 6) is 1.62. The van der Waals surface area contributed by atoms with Crippen molar-refractivity contribution in [3.63, 3.8) is 0 Å². The van der Waals surface area contributed by atoms with Gasteiger partial charge in [0.15, 0.2) is 0 Å². The van der Waals surface area contributed by atoms with Crippen LogP contribution in [0.2, 0.25) is 0 Å². The predicted molar refractivity (Wildman–Crippen MR) is 16.0 cm³/mol. The van der Waals surface area contributed by atoms with Crippen LogP contribution in [0.5, 0.6) is 0 Å². The molecule has 0 atom stereocenters. The third-order valence-electron chi connectivity index (χ3n) is 0.118. The third-order valence-corrected chi connectivity index (χ3v) is 0.354. The first-order chi connectivity index (χ1) is 1.91. The summed E-state index contributed by atoms with van der Waals surface area (Å²) in [7, 11) is 0. The first-order valence-corrected chi connectivity index (χ1v) is 2.22. The van der Waals surface area contributed by atoms with Crippen LogP contribution >= 0.6 is 0 Å². The molecule has 0 rings (SSSR count). The van der Waals surface area contributed by atoms with Crippen molar-refractivity contribution in [3.05, 3.63) is 3.33 Å². The number of hydrogen-bond donors (Lipinski definition) is 0. The van der Waals surface area contributed by atoms with Gasteiger partial charge in [-0.05, 0) is 0 Å². The van der Waals surface area contributed by atoms with Crippen LogP contribution in [0.4, 0.5) is 0 Å². The Hall–Kier alpha value is 0.450. The summed E-state index contributed by atoms with van der Waals surface area (Å²) in [4.78, 5) is 9.03. The van der Waals surface area contributed by atoms with E-state index in [1.165, 1.54) is 3.33 Å². The van der Waals surface area contributed by atoms with Gasteiger partial charge in [-0.15, -0.1) is 0 Å². The summed E-state index contributed by atoms with van der Waals surface area (Å²) in [5.41, 5.74) is 0. The van der Waals surface area contributed by atoms with Crippen LogP contribution in [-0.4, -0.2) is 33.9 Å². The fourth-order valence-electron chi connectivity index (χ4n) is 0. The van der Waals surface area contributed by atoms with E-state index >= 15 is 0 Å². The zero-order valence-electron chi connectivity index (χ0n) is 2.49. The first-order valence-electron chi connectivity index (χ1n) is 1.07. The standard InChI is InChI=1S/C2HO.Na/c1-2-3;/h1H;. The van der Waals surface area contributed by atoms with Crippen molar-refractivity contribution in [3.8, 4) is 0 Å². The molecule has 0 aromatic heterocycles. The van der Waals surface area contributed by atoms with Crippen molar-refractivity contribution >= 4 is 33.9 Å². The Bertz CT molecular complexity index is 44.0. The van der Waals surface area contributed by atoms with E-state index in [0.29, 0.717) is 0 Å². The summed E-state index contributed by atoms with van der Waals surface area (Å²) in [6.45, 7) is 0. The van der Waals surface area contributed by atoms with Crippen molar-refractivity contribution in [1.29, 1.82) is 0 Å². The number of carbonyl (C=O) groups excluding carboxylic acids is 1. The van der Waals surface area contributed by atoms with Gasteiger partial charge in [0, 0.05) is 0 Å². The van der Waals surface area contributed by atoms with E-state index in [2.05, 4.69) is 0 Å². The summed E-state index contributed by atoms with van der Waals surface area (Å²) in [5, 5.41) is 0. The Labute approximate surface area is 42.1 Å². The van der Waals surface area contributed by atoms with Crippen molar-refractivity contribution in [1.82, 2.24) is 0 Å². The molecule has 0 aliphatic heterocycles. The van der Waals surface area contributed by atoms with Crippen LogP contribution in [0.3, 0.4) is 0 Å². The second kappa shape index (κ2) is 3.45. The molecule has 0 radical (unpaired) electrons.